The summed E-state index contributed by atoms with van der Waals surface area (Å²) in [6.45, 7) is 4.50. The van der Waals surface area contributed by atoms with Gasteiger partial charge in [-0.3, -0.25) is 9.69 Å². The number of hydrogen-bond acceptors (Lipinski definition) is 3. The van der Waals surface area contributed by atoms with Gasteiger partial charge in [0, 0.05) is 36.8 Å². The second-order valence-corrected chi connectivity index (χ2v) is 6.41. The summed E-state index contributed by atoms with van der Waals surface area (Å²) in [5.41, 5.74) is 2.37. The van der Waals surface area contributed by atoms with Crippen molar-refractivity contribution in [2.24, 2.45) is 5.92 Å². The lowest BCUT2D eigenvalue weighted by molar-refractivity contribution is -0.125. The molecule has 0 saturated carbocycles. The van der Waals surface area contributed by atoms with Gasteiger partial charge < -0.3 is 15.4 Å². The van der Waals surface area contributed by atoms with Gasteiger partial charge in [0.25, 0.3) is 0 Å². The average molecular weight is 315 g/mol. The predicted molar refractivity (Wildman–Crippen MR) is 91.2 cm³/mol. The number of benzene rings is 1. The summed E-state index contributed by atoms with van der Waals surface area (Å²) < 4.78 is 0. The minimum atomic E-state index is -0.130. The minimum absolute atomic E-state index is 0.0726. The summed E-state index contributed by atoms with van der Waals surface area (Å²) in [6, 6.07) is 8.08. The Hall–Kier alpha value is -1.85. The van der Waals surface area contributed by atoms with E-state index in [2.05, 4.69) is 27.3 Å². The molecule has 2 unspecified atom stereocenters. The van der Waals surface area contributed by atoms with Crippen molar-refractivity contribution in [1.82, 2.24) is 15.2 Å². The van der Waals surface area contributed by atoms with Gasteiger partial charge in [-0.2, -0.15) is 0 Å². The Balaban J connectivity index is 1.49. The zero-order valence-corrected chi connectivity index (χ0v) is 13.6. The maximum Gasteiger partial charge on any atom is 0.237 e. The molecule has 2 aromatic rings. The van der Waals surface area contributed by atoms with Crippen molar-refractivity contribution in [3.05, 3.63) is 36.0 Å². The molecular weight excluding hydrogens is 290 g/mol. The molecule has 2 heterocycles. The molecular formula is C18H25N3O2. The van der Waals surface area contributed by atoms with Gasteiger partial charge in [0.1, 0.15) is 0 Å². The Morgan fingerprint density at radius 1 is 1.48 bits per heavy atom. The number of hydrogen-bond donors (Lipinski definition) is 3. The fourth-order valence-electron chi connectivity index (χ4n) is 3.34. The number of amides is 1. The maximum atomic E-state index is 12.3. The molecule has 1 saturated heterocycles. The lowest BCUT2D eigenvalue weighted by Crippen LogP contribution is -2.44. The number of carbonyl (C=O) groups is 1. The van der Waals surface area contributed by atoms with E-state index in [0.29, 0.717) is 12.5 Å². The van der Waals surface area contributed by atoms with Gasteiger partial charge in [0.15, 0.2) is 0 Å². The first-order valence-electron chi connectivity index (χ1n) is 8.36. The van der Waals surface area contributed by atoms with E-state index in [1.54, 1.807) is 0 Å². The monoisotopic (exact) mass is 315 g/mol. The van der Waals surface area contributed by atoms with Crippen LogP contribution in [0.3, 0.4) is 0 Å². The molecule has 1 amide bonds. The minimum Gasteiger partial charge on any atom is -0.396 e. The van der Waals surface area contributed by atoms with E-state index < -0.39 is 0 Å². The smallest absolute Gasteiger partial charge is 0.237 e. The van der Waals surface area contributed by atoms with Gasteiger partial charge in [0.05, 0.1) is 6.04 Å². The van der Waals surface area contributed by atoms with Crippen LogP contribution in [0.4, 0.5) is 0 Å². The number of para-hydroxylation sites is 1. The number of aliphatic hydroxyl groups excluding tert-OH is 1. The second kappa shape index (κ2) is 7.15. The lowest BCUT2D eigenvalue weighted by Gasteiger charge is -2.23. The molecule has 1 fully saturated rings. The van der Waals surface area contributed by atoms with Gasteiger partial charge in [-0.05, 0) is 43.9 Å². The van der Waals surface area contributed by atoms with Crippen molar-refractivity contribution >= 4 is 16.8 Å². The van der Waals surface area contributed by atoms with Crippen LogP contribution in [0, 0.1) is 5.92 Å². The van der Waals surface area contributed by atoms with Gasteiger partial charge in [0.2, 0.25) is 5.91 Å². The first kappa shape index (κ1) is 16.0. The van der Waals surface area contributed by atoms with E-state index in [9.17, 15) is 9.90 Å². The molecule has 0 aliphatic carbocycles. The SMILES string of the molecule is CC(C(=O)NCCc1c[nH]c2ccccc12)N1CCC(CO)C1. The van der Waals surface area contributed by atoms with Crippen molar-refractivity contribution in [3.8, 4) is 0 Å². The largest absolute Gasteiger partial charge is 0.396 e. The number of aromatic amines is 1. The molecule has 0 radical (unpaired) electrons. The van der Waals surface area contributed by atoms with Crippen molar-refractivity contribution in [2.75, 3.05) is 26.2 Å². The van der Waals surface area contributed by atoms with Crippen molar-refractivity contribution in [2.45, 2.75) is 25.8 Å². The van der Waals surface area contributed by atoms with Crippen molar-refractivity contribution in [1.29, 1.82) is 0 Å². The van der Waals surface area contributed by atoms with Crippen LogP contribution in [-0.2, 0) is 11.2 Å². The molecule has 124 valence electrons. The number of nitrogens with zero attached hydrogens (tertiary/aromatic N) is 1. The highest BCUT2D eigenvalue weighted by atomic mass is 16.3. The van der Waals surface area contributed by atoms with E-state index in [4.69, 9.17) is 0 Å². The van der Waals surface area contributed by atoms with E-state index in [1.807, 2.05) is 25.3 Å². The number of fused-ring (bicyclic) bond motifs is 1. The number of nitrogens with one attached hydrogen (secondary N) is 2. The molecule has 23 heavy (non-hydrogen) atoms. The number of H-pyrrole nitrogens is 1. The highest BCUT2D eigenvalue weighted by Crippen LogP contribution is 2.19. The van der Waals surface area contributed by atoms with Gasteiger partial charge in [-0.1, -0.05) is 18.2 Å². The van der Waals surface area contributed by atoms with Crippen LogP contribution in [-0.4, -0.2) is 53.2 Å². The standard InChI is InChI=1S/C18H25N3O2/c1-13(21-9-7-14(11-21)12-22)18(23)19-8-6-15-10-20-17-5-3-2-4-16(15)17/h2-5,10,13-14,20,22H,6-9,11-12H2,1H3,(H,19,23). The molecule has 5 heteroatoms. The first-order valence-corrected chi connectivity index (χ1v) is 8.36. The molecule has 5 nitrogen and oxygen atoms in total. The molecule has 3 rings (SSSR count). The summed E-state index contributed by atoms with van der Waals surface area (Å²) in [5.74, 6) is 0.389. The number of carbonyl (C=O) groups excluding carboxylic acids is 1. The molecule has 2 atom stereocenters. The Morgan fingerprint density at radius 3 is 3.09 bits per heavy atom. The van der Waals surface area contributed by atoms with E-state index in [0.717, 1.165) is 31.4 Å². The molecule has 1 aromatic heterocycles. The van der Waals surface area contributed by atoms with Crippen molar-refractivity contribution < 1.29 is 9.90 Å². The first-order chi connectivity index (χ1) is 11.2. The Labute approximate surface area is 136 Å². The summed E-state index contributed by atoms with van der Waals surface area (Å²) in [5, 5.41) is 13.5. The molecule has 1 aromatic carbocycles. The van der Waals surface area contributed by atoms with Crippen LogP contribution in [0.25, 0.3) is 10.9 Å². The quantitative estimate of drug-likeness (QED) is 0.757. The third-order valence-electron chi connectivity index (χ3n) is 4.87. The molecule has 1 aliphatic rings. The normalized spacial score (nSPS) is 20.0. The molecule has 0 spiro atoms. The van der Waals surface area contributed by atoms with Crippen LogP contribution < -0.4 is 5.32 Å². The summed E-state index contributed by atoms with van der Waals surface area (Å²) in [7, 11) is 0. The van der Waals surface area contributed by atoms with E-state index in [-0.39, 0.29) is 18.6 Å². The summed E-state index contributed by atoms with van der Waals surface area (Å²) >= 11 is 0. The fraction of sp³-hybridized carbons (Fsp3) is 0.500. The third kappa shape index (κ3) is 3.57. The highest BCUT2D eigenvalue weighted by Gasteiger charge is 2.28. The zero-order chi connectivity index (χ0) is 16.2. The predicted octanol–water partition coefficient (Wildman–Crippen LogP) is 1.53. The summed E-state index contributed by atoms with van der Waals surface area (Å²) in [4.78, 5) is 17.7. The summed E-state index contributed by atoms with van der Waals surface area (Å²) in [6.07, 6.45) is 3.82. The fourth-order valence-corrected chi connectivity index (χ4v) is 3.34. The number of aliphatic hydroxyl groups is 1. The molecule has 3 N–H and O–H groups in total. The molecule has 0 bridgehead atoms. The van der Waals surface area contributed by atoms with Crippen LogP contribution in [0.1, 0.15) is 18.9 Å². The third-order valence-corrected chi connectivity index (χ3v) is 4.87. The van der Waals surface area contributed by atoms with Crippen LogP contribution in [0.15, 0.2) is 30.5 Å². The lowest BCUT2D eigenvalue weighted by atomic mass is 10.1. The van der Waals surface area contributed by atoms with Crippen molar-refractivity contribution in [3.63, 3.8) is 0 Å². The van der Waals surface area contributed by atoms with Crippen LogP contribution >= 0.6 is 0 Å². The Bertz CT molecular complexity index is 667. The second-order valence-electron chi connectivity index (χ2n) is 6.41. The van der Waals surface area contributed by atoms with Gasteiger partial charge in [-0.25, -0.2) is 0 Å². The van der Waals surface area contributed by atoms with Gasteiger partial charge >= 0.3 is 0 Å². The Morgan fingerprint density at radius 2 is 2.30 bits per heavy atom. The highest BCUT2D eigenvalue weighted by molar-refractivity contribution is 5.83. The average Bonchev–Trinajstić information content (AvgIpc) is 3.21. The van der Waals surface area contributed by atoms with E-state index in [1.165, 1.54) is 10.9 Å². The zero-order valence-electron chi connectivity index (χ0n) is 13.6. The molecule has 1 aliphatic heterocycles. The van der Waals surface area contributed by atoms with Crippen LogP contribution in [0.2, 0.25) is 0 Å². The maximum absolute atomic E-state index is 12.3. The van der Waals surface area contributed by atoms with Gasteiger partial charge in [-0.15, -0.1) is 0 Å². The van der Waals surface area contributed by atoms with Crippen LogP contribution in [0.5, 0.6) is 0 Å². The topological polar surface area (TPSA) is 68.4 Å². The number of likely N-dealkylation sites (tertiary alicyclic amines) is 1. The van der Waals surface area contributed by atoms with E-state index >= 15 is 0 Å². The number of rotatable bonds is 6. The Kier molecular flexibility index (Phi) is 4.98. The number of aromatic nitrogens is 1.